The van der Waals surface area contributed by atoms with E-state index in [1.165, 1.54) is 7.11 Å². The van der Waals surface area contributed by atoms with Gasteiger partial charge in [0.1, 0.15) is 6.04 Å². The van der Waals surface area contributed by atoms with Crippen molar-refractivity contribution in [1.82, 2.24) is 5.32 Å². The second kappa shape index (κ2) is 9.17. The van der Waals surface area contributed by atoms with E-state index in [9.17, 15) is 14.4 Å². The summed E-state index contributed by atoms with van der Waals surface area (Å²) in [5, 5.41) is 2.77. The summed E-state index contributed by atoms with van der Waals surface area (Å²) in [5.41, 5.74) is 6.27. The largest absolute Gasteiger partial charge is 0.467 e. The van der Waals surface area contributed by atoms with Gasteiger partial charge < -0.3 is 20.7 Å². The van der Waals surface area contributed by atoms with E-state index in [0.29, 0.717) is 19.3 Å². The maximum atomic E-state index is 12.3. The van der Waals surface area contributed by atoms with Crippen LogP contribution < -0.4 is 16.0 Å². The van der Waals surface area contributed by atoms with Crippen LogP contribution in [0.4, 0.5) is 0 Å². The summed E-state index contributed by atoms with van der Waals surface area (Å²) >= 11 is 0. The first kappa shape index (κ1) is 18.9. The van der Waals surface area contributed by atoms with Crippen LogP contribution in [-0.4, -0.2) is 50.6 Å². The number of hydrogen-bond acceptors (Lipinski definition) is 4. The summed E-state index contributed by atoms with van der Waals surface area (Å²) in [6.45, 7) is 1.72. The lowest BCUT2D eigenvalue weighted by Gasteiger charge is -2.27. The zero-order chi connectivity index (χ0) is 18.2. The van der Waals surface area contributed by atoms with Gasteiger partial charge in [0.15, 0.2) is 6.54 Å². The Morgan fingerprint density at radius 1 is 1.24 bits per heavy atom. The smallest absolute Gasteiger partial charge is 0.328 e. The predicted molar refractivity (Wildman–Crippen MR) is 91.6 cm³/mol. The molecule has 1 atom stereocenters. The fourth-order valence-electron chi connectivity index (χ4n) is 3.15. The van der Waals surface area contributed by atoms with Gasteiger partial charge in [-0.1, -0.05) is 30.3 Å². The maximum absolute atomic E-state index is 12.3. The van der Waals surface area contributed by atoms with Crippen molar-refractivity contribution in [2.75, 3.05) is 26.7 Å². The number of likely N-dealkylation sites (tertiary alicyclic amines) is 1. The molecule has 0 aromatic heterocycles. The zero-order valence-electron chi connectivity index (χ0n) is 14.5. The molecule has 25 heavy (non-hydrogen) atoms. The third kappa shape index (κ3) is 5.86. The number of carbonyl (C=O) groups is 3. The standard InChI is InChI=1S/C18H25N3O4/c1-25-18(24)15(11-13-5-3-2-4-6-13)20-16(22)12-21-9-7-14(8-10-21)17(19)23/h2-6,14-15H,7-12H2,1H3,(H2,19,23)(H,20,22)/p+1/t15-/m1/s1. The summed E-state index contributed by atoms with van der Waals surface area (Å²) in [5.74, 6) is -1.01. The van der Waals surface area contributed by atoms with E-state index in [2.05, 4.69) is 5.32 Å². The molecule has 7 heteroatoms. The molecule has 0 unspecified atom stereocenters. The van der Waals surface area contributed by atoms with Crippen LogP contribution in [0, 0.1) is 5.92 Å². The van der Waals surface area contributed by atoms with Crippen LogP contribution in [0.5, 0.6) is 0 Å². The Kier molecular flexibility index (Phi) is 6.94. The van der Waals surface area contributed by atoms with Crippen LogP contribution in [-0.2, 0) is 25.5 Å². The lowest BCUT2D eigenvalue weighted by Crippen LogP contribution is -3.14. The van der Waals surface area contributed by atoms with Gasteiger partial charge in [-0.15, -0.1) is 0 Å². The summed E-state index contributed by atoms with van der Waals surface area (Å²) in [7, 11) is 1.31. The molecule has 1 aliphatic heterocycles. The molecular weight excluding hydrogens is 322 g/mol. The van der Waals surface area contributed by atoms with E-state index in [4.69, 9.17) is 10.5 Å². The first-order chi connectivity index (χ1) is 12.0. The van der Waals surface area contributed by atoms with Gasteiger partial charge >= 0.3 is 5.97 Å². The molecule has 2 amide bonds. The van der Waals surface area contributed by atoms with Crippen LogP contribution in [0.1, 0.15) is 18.4 Å². The molecule has 0 spiro atoms. The molecule has 0 saturated carbocycles. The van der Waals surface area contributed by atoms with E-state index in [0.717, 1.165) is 23.6 Å². The van der Waals surface area contributed by atoms with Crippen molar-refractivity contribution in [2.24, 2.45) is 11.7 Å². The zero-order valence-corrected chi connectivity index (χ0v) is 14.5. The van der Waals surface area contributed by atoms with Gasteiger partial charge in [0.2, 0.25) is 5.91 Å². The Hall–Kier alpha value is -2.41. The number of hydrogen-bond donors (Lipinski definition) is 3. The second-order valence-corrected chi connectivity index (χ2v) is 6.44. The molecule has 2 rings (SSSR count). The SMILES string of the molecule is COC(=O)[C@@H](Cc1ccccc1)NC(=O)C[NH+]1CCC(C(N)=O)CC1. The highest BCUT2D eigenvalue weighted by Gasteiger charge is 2.28. The van der Waals surface area contributed by atoms with Crippen molar-refractivity contribution >= 4 is 17.8 Å². The molecule has 4 N–H and O–H groups in total. The minimum Gasteiger partial charge on any atom is -0.467 e. The third-order valence-corrected chi connectivity index (χ3v) is 4.61. The van der Waals surface area contributed by atoms with Gasteiger partial charge in [0.05, 0.1) is 20.2 Å². The molecule has 1 aromatic carbocycles. The number of ether oxygens (including phenoxy) is 1. The van der Waals surface area contributed by atoms with E-state index in [1.807, 2.05) is 30.3 Å². The van der Waals surface area contributed by atoms with E-state index in [1.54, 1.807) is 0 Å². The minimum absolute atomic E-state index is 0.0901. The highest BCUT2D eigenvalue weighted by Crippen LogP contribution is 2.08. The fraction of sp³-hybridized carbons (Fsp3) is 0.500. The summed E-state index contributed by atoms with van der Waals surface area (Å²) in [6, 6.07) is 8.78. The Morgan fingerprint density at radius 3 is 2.44 bits per heavy atom. The van der Waals surface area contributed by atoms with Gasteiger partial charge in [0.25, 0.3) is 5.91 Å². The fourth-order valence-corrected chi connectivity index (χ4v) is 3.15. The van der Waals surface area contributed by atoms with Crippen molar-refractivity contribution in [3.05, 3.63) is 35.9 Å². The third-order valence-electron chi connectivity index (χ3n) is 4.61. The van der Waals surface area contributed by atoms with Crippen molar-refractivity contribution in [2.45, 2.75) is 25.3 Å². The lowest BCUT2D eigenvalue weighted by atomic mass is 9.96. The highest BCUT2D eigenvalue weighted by atomic mass is 16.5. The van der Waals surface area contributed by atoms with Gasteiger partial charge in [-0.3, -0.25) is 9.59 Å². The summed E-state index contributed by atoms with van der Waals surface area (Å²) in [4.78, 5) is 36.6. The Labute approximate surface area is 147 Å². The first-order valence-electron chi connectivity index (χ1n) is 8.53. The van der Waals surface area contributed by atoms with Crippen molar-refractivity contribution in [1.29, 1.82) is 0 Å². The van der Waals surface area contributed by atoms with Gasteiger partial charge in [-0.2, -0.15) is 0 Å². The van der Waals surface area contributed by atoms with E-state index in [-0.39, 0.29) is 24.3 Å². The molecule has 1 aromatic rings. The number of amides is 2. The number of piperidine rings is 1. The summed E-state index contributed by atoms with van der Waals surface area (Å²) < 4.78 is 4.80. The van der Waals surface area contributed by atoms with Gasteiger partial charge in [0, 0.05) is 25.2 Å². The van der Waals surface area contributed by atoms with Crippen LogP contribution in [0.15, 0.2) is 30.3 Å². The average molecular weight is 348 g/mol. The molecule has 136 valence electrons. The number of methoxy groups -OCH3 is 1. The molecule has 0 aliphatic carbocycles. The molecule has 1 heterocycles. The molecule has 1 fully saturated rings. The van der Waals surface area contributed by atoms with Crippen LogP contribution in [0.25, 0.3) is 0 Å². The Balaban J connectivity index is 1.87. The topological polar surface area (TPSA) is 103 Å². The highest BCUT2D eigenvalue weighted by molar-refractivity contribution is 5.85. The van der Waals surface area contributed by atoms with Crippen molar-refractivity contribution in [3.8, 4) is 0 Å². The number of nitrogens with two attached hydrogens (primary N) is 1. The molecular formula is C18H26N3O4+. The van der Waals surface area contributed by atoms with E-state index >= 15 is 0 Å². The predicted octanol–water partition coefficient (Wildman–Crippen LogP) is -1.33. The number of esters is 1. The lowest BCUT2D eigenvalue weighted by molar-refractivity contribution is -0.897. The van der Waals surface area contributed by atoms with Gasteiger partial charge in [-0.05, 0) is 5.56 Å². The number of rotatable bonds is 7. The first-order valence-corrected chi connectivity index (χ1v) is 8.53. The maximum Gasteiger partial charge on any atom is 0.328 e. The number of nitrogens with one attached hydrogen (secondary N) is 2. The van der Waals surface area contributed by atoms with Gasteiger partial charge in [-0.25, -0.2) is 4.79 Å². The number of quaternary nitrogens is 1. The molecule has 1 saturated heterocycles. The van der Waals surface area contributed by atoms with E-state index < -0.39 is 12.0 Å². The Bertz CT molecular complexity index is 598. The van der Waals surface area contributed by atoms with Crippen LogP contribution in [0.2, 0.25) is 0 Å². The Morgan fingerprint density at radius 2 is 1.88 bits per heavy atom. The van der Waals surface area contributed by atoms with Crippen LogP contribution in [0.3, 0.4) is 0 Å². The number of benzene rings is 1. The monoisotopic (exact) mass is 348 g/mol. The van der Waals surface area contributed by atoms with Crippen molar-refractivity contribution in [3.63, 3.8) is 0 Å². The molecule has 0 bridgehead atoms. The number of primary amides is 1. The number of carbonyl (C=O) groups excluding carboxylic acids is 3. The second-order valence-electron chi connectivity index (χ2n) is 6.44. The summed E-state index contributed by atoms with van der Waals surface area (Å²) in [6.07, 6.45) is 1.78. The molecule has 1 aliphatic rings. The van der Waals surface area contributed by atoms with Crippen molar-refractivity contribution < 1.29 is 24.0 Å². The minimum atomic E-state index is -0.706. The van der Waals surface area contributed by atoms with Crippen LogP contribution >= 0.6 is 0 Å². The molecule has 0 radical (unpaired) electrons. The average Bonchev–Trinajstić information content (AvgIpc) is 2.61. The molecule has 7 nitrogen and oxygen atoms in total. The normalized spacial score (nSPS) is 21.2. The quantitative estimate of drug-likeness (QED) is 0.531.